The molecule has 2 N–H and O–H groups in total. The van der Waals surface area contributed by atoms with Crippen molar-refractivity contribution in [1.82, 2.24) is 25.4 Å². The number of aromatic nitrogens is 5. The van der Waals surface area contributed by atoms with Crippen molar-refractivity contribution in [3.05, 3.63) is 82.6 Å². The zero-order valence-electron chi connectivity index (χ0n) is 21.0. The van der Waals surface area contributed by atoms with Crippen LogP contribution in [0.5, 0.6) is 0 Å². The van der Waals surface area contributed by atoms with Crippen LogP contribution in [0.4, 0.5) is 16.8 Å². The van der Waals surface area contributed by atoms with E-state index in [1.807, 2.05) is 55.5 Å². The predicted molar refractivity (Wildman–Crippen MR) is 146 cm³/mol. The third-order valence-corrected chi connectivity index (χ3v) is 7.29. The molecule has 0 radical (unpaired) electrons. The van der Waals surface area contributed by atoms with Crippen LogP contribution >= 0.6 is 11.3 Å². The van der Waals surface area contributed by atoms with E-state index < -0.39 is 0 Å². The fraction of sp³-hybridized carbons (Fsp3) is 0.296. The topological polar surface area (TPSA) is 126 Å². The first-order chi connectivity index (χ1) is 18.5. The third-order valence-electron chi connectivity index (χ3n) is 6.29. The first-order valence-electron chi connectivity index (χ1n) is 12.5. The lowest BCUT2D eigenvalue weighted by Gasteiger charge is -2.31. The average molecular weight is 529 g/mol. The second kappa shape index (κ2) is 11.9. The summed E-state index contributed by atoms with van der Waals surface area (Å²) in [4.78, 5) is 31.0. The van der Waals surface area contributed by atoms with E-state index in [1.54, 1.807) is 12.3 Å². The van der Waals surface area contributed by atoms with Crippen molar-refractivity contribution >= 4 is 39.9 Å². The van der Waals surface area contributed by atoms with Crippen molar-refractivity contribution in [3.8, 4) is 0 Å². The molecule has 0 atom stereocenters. The Balaban J connectivity index is 1.09. The normalized spacial score (nSPS) is 13.8. The average Bonchev–Trinajstić information content (AvgIpc) is 3.38. The first-order valence-corrected chi connectivity index (χ1v) is 13.3. The number of amides is 2. The van der Waals surface area contributed by atoms with Crippen LogP contribution in [0, 0.1) is 6.92 Å². The summed E-state index contributed by atoms with van der Waals surface area (Å²) in [7, 11) is 0. The maximum Gasteiger partial charge on any atom is 0.232 e. The maximum atomic E-state index is 12.4. The Kier molecular flexibility index (Phi) is 7.93. The second-order valence-electron chi connectivity index (χ2n) is 9.24. The lowest BCUT2D eigenvalue weighted by molar-refractivity contribution is -0.116. The number of carbonyl (C=O) groups excluding carboxylic acids is 2. The minimum atomic E-state index is -0.158. The molecule has 1 saturated heterocycles. The van der Waals surface area contributed by atoms with Crippen molar-refractivity contribution < 1.29 is 9.59 Å². The molecular formula is C27H28N8O2S. The number of pyridine rings is 1. The number of benzene rings is 1. The highest BCUT2D eigenvalue weighted by atomic mass is 32.1. The molecule has 10 nitrogen and oxygen atoms in total. The van der Waals surface area contributed by atoms with Crippen molar-refractivity contribution in [1.29, 1.82) is 0 Å². The van der Waals surface area contributed by atoms with Gasteiger partial charge >= 0.3 is 0 Å². The van der Waals surface area contributed by atoms with Crippen LogP contribution in [0.25, 0.3) is 0 Å². The molecule has 1 aliphatic rings. The molecule has 4 heterocycles. The van der Waals surface area contributed by atoms with Gasteiger partial charge in [0, 0.05) is 30.9 Å². The second-order valence-corrected chi connectivity index (χ2v) is 10.3. The summed E-state index contributed by atoms with van der Waals surface area (Å²) in [6.07, 6.45) is 3.95. The molecule has 0 unspecified atom stereocenters. The molecule has 194 valence electrons. The van der Waals surface area contributed by atoms with Crippen molar-refractivity contribution in [2.75, 3.05) is 28.6 Å². The van der Waals surface area contributed by atoms with Crippen molar-refractivity contribution in [3.63, 3.8) is 0 Å². The number of nitrogens with zero attached hydrogens (tertiary/aromatic N) is 6. The van der Waals surface area contributed by atoms with Gasteiger partial charge in [0.15, 0.2) is 11.6 Å². The van der Waals surface area contributed by atoms with Gasteiger partial charge in [0.05, 0.1) is 12.8 Å². The van der Waals surface area contributed by atoms with E-state index in [0.717, 1.165) is 47.9 Å². The highest BCUT2D eigenvalue weighted by molar-refractivity contribution is 7.15. The molecule has 38 heavy (non-hydrogen) atoms. The molecule has 5 rings (SSSR count). The Labute approximate surface area is 224 Å². The van der Waals surface area contributed by atoms with E-state index >= 15 is 0 Å². The van der Waals surface area contributed by atoms with Crippen molar-refractivity contribution in [2.24, 2.45) is 0 Å². The summed E-state index contributed by atoms with van der Waals surface area (Å²) in [6.45, 7) is 3.62. The van der Waals surface area contributed by atoms with Crippen LogP contribution < -0.4 is 15.5 Å². The van der Waals surface area contributed by atoms with Crippen LogP contribution in [0.2, 0.25) is 0 Å². The summed E-state index contributed by atoms with van der Waals surface area (Å²) in [5.74, 6) is 1.21. The van der Waals surface area contributed by atoms with E-state index in [1.165, 1.54) is 11.3 Å². The third kappa shape index (κ3) is 6.74. The molecule has 11 heteroatoms. The SMILES string of the molecule is Cc1cccc(CC(=O)Nc2ccc(N3CCC(c4nnc(NC(=O)Cc5ccccn5)s4)CC3)nn2)c1. The Bertz CT molecular complexity index is 1390. The largest absolute Gasteiger partial charge is 0.355 e. The van der Waals surface area contributed by atoms with E-state index in [4.69, 9.17) is 0 Å². The smallest absolute Gasteiger partial charge is 0.232 e. The van der Waals surface area contributed by atoms with Gasteiger partial charge in [-0.25, -0.2) is 0 Å². The Morgan fingerprint density at radius 3 is 2.50 bits per heavy atom. The molecule has 4 aromatic rings. The zero-order chi connectivity index (χ0) is 26.3. The Morgan fingerprint density at radius 2 is 1.76 bits per heavy atom. The zero-order valence-corrected chi connectivity index (χ0v) is 21.8. The molecule has 1 aliphatic heterocycles. The van der Waals surface area contributed by atoms with Gasteiger partial charge in [-0.3, -0.25) is 14.6 Å². The van der Waals surface area contributed by atoms with Gasteiger partial charge in [0.1, 0.15) is 5.01 Å². The van der Waals surface area contributed by atoms with Gasteiger partial charge in [-0.15, -0.1) is 20.4 Å². The fourth-order valence-electron chi connectivity index (χ4n) is 4.39. The molecule has 2 amide bonds. The van der Waals surface area contributed by atoms with E-state index in [9.17, 15) is 9.59 Å². The van der Waals surface area contributed by atoms with Gasteiger partial charge < -0.3 is 15.5 Å². The number of piperidine rings is 1. The van der Waals surface area contributed by atoms with E-state index in [2.05, 4.69) is 40.9 Å². The van der Waals surface area contributed by atoms with Gasteiger partial charge in [-0.2, -0.15) is 0 Å². The van der Waals surface area contributed by atoms with Crippen LogP contribution in [0.3, 0.4) is 0 Å². The summed E-state index contributed by atoms with van der Waals surface area (Å²) < 4.78 is 0. The van der Waals surface area contributed by atoms with Crippen LogP contribution in [-0.2, 0) is 22.4 Å². The maximum absolute atomic E-state index is 12.4. The van der Waals surface area contributed by atoms with E-state index in [0.29, 0.717) is 23.1 Å². The van der Waals surface area contributed by atoms with Gasteiger partial charge in [0.25, 0.3) is 0 Å². The minimum absolute atomic E-state index is 0.122. The number of hydrogen-bond donors (Lipinski definition) is 2. The number of aryl methyl sites for hydroxylation is 1. The minimum Gasteiger partial charge on any atom is -0.355 e. The van der Waals surface area contributed by atoms with Crippen LogP contribution in [0.1, 0.15) is 40.6 Å². The Hall–Kier alpha value is -4.25. The molecule has 0 saturated carbocycles. The fourth-order valence-corrected chi connectivity index (χ4v) is 5.32. The highest BCUT2D eigenvalue weighted by Crippen LogP contribution is 2.33. The summed E-state index contributed by atoms with van der Waals surface area (Å²) >= 11 is 1.42. The predicted octanol–water partition coefficient (Wildman–Crippen LogP) is 3.78. The molecular weight excluding hydrogens is 500 g/mol. The number of rotatable bonds is 8. The van der Waals surface area contributed by atoms with Gasteiger partial charge in [0.2, 0.25) is 16.9 Å². The summed E-state index contributed by atoms with van der Waals surface area (Å²) in [6, 6.07) is 17.1. The molecule has 1 aromatic carbocycles. The lowest BCUT2D eigenvalue weighted by Crippen LogP contribution is -2.33. The lowest BCUT2D eigenvalue weighted by atomic mass is 9.98. The monoisotopic (exact) mass is 528 g/mol. The van der Waals surface area contributed by atoms with Gasteiger partial charge in [-0.1, -0.05) is 47.2 Å². The quantitative estimate of drug-likeness (QED) is 0.354. The van der Waals surface area contributed by atoms with E-state index in [-0.39, 0.29) is 24.2 Å². The Morgan fingerprint density at radius 1 is 0.921 bits per heavy atom. The number of hydrogen-bond acceptors (Lipinski definition) is 9. The number of nitrogens with one attached hydrogen (secondary N) is 2. The number of carbonyl (C=O) groups is 2. The standard InChI is InChI=1S/C27H28N8O2S/c1-18-5-4-6-19(15-18)16-24(36)29-22-8-9-23(32-31-22)35-13-10-20(11-14-35)26-33-34-27(38-26)30-25(37)17-21-7-2-3-12-28-21/h2-9,12,15,20H,10-11,13-14,16-17H2,1H3,(H,29,31,36)(H,30,34,37). The highest BCUT2D eigenvalue weighted by Gasteiger charge is 2.25. The molecule has 0 aliphatic carbocycles. The van der Waals surface area contributed by atoms with Gasteiger partial charge in [-0.05, 0) is 49.6 Å². The molecule has 3 aromatic heterocycles. The van der Waals surface area contributed by atoms with Crippen LogP contribution in [0.15, 0.2) is 60.8 Å². The first kappa shape index (κ1) is 25.4. The number of anilines is 3. The summed E-state index contributed by atoms with van der Waals surface area (Å²) in [5, 5.41) is 24.1. The van der Waals surface area contributed by atoms with Crippen molar-refractivity contribution in [2.45, 2.75) is 38.5 Å². The molecule has 1 fully saturated rings. The van der Waals surface area contributed by atoms with Crippen LogP contribution in [-0.4, -0.2) is 50.3 Å². The summed E-state index contributed by atoms with van der Waals surface area (Å²) in [5.41, 5.74) is 2.80. The molecule has 0 bridgehead atoms. The molecule has 0 spiro atoms.